The summed E-state index contributed by atoms with van der Waals surface area (Å²) in [5.74, 6) is 1.09. The lowest BCUT2D eigenvalue weighted by Gasteiger charge is -2.58. The van der Waals surface area contributed by atoms with Gasteiger partial charge in [0.25, 0.3) is 0 Å². The normalized spacial score (nSPS) is 25.3. The highest BCUT2D eigenvalue weighted by Gasteiger charge is 2.54. The first-order valence-corrected chi connectivity index (χ1v) is 13.6. The molecular formula is C34H34ClN2O+. The third-order valence-corrected chi connectivity index (χ3v) is 9.40. The largest absolute Gasteiger partial charge is 0.382 e. The van der Waals surface area contributed by atoms with Crippen LogP contribution in [-0.4, -0.2) is 33.7 Å². The molecule has 4 heteroatoms. The fourth-order valence-electron chi connectivity index (χ4n) is 7.56. The Labute approximate surface area is 230 Å². The molecule has 4 heterocycles. The predicted molar refractivity (Wildman–Crippen MR) is 159 cm³/mol. The summed E-state index contributed by atoms with van der Waals surface area (Å²) in [5, 5.41) is 18.4. The molecule has 1 aromatic heterocycles. The molecule has 1 N–H and O–H groups in total. The van der Waals surface area contributed by atoms with Crippen LogP contribution in [0.5, 0.6) is 0 Å². The van der Waals surface area contributed by atoms with Crippen LogP contribution < -0.4 is 0 Å². The molecule has 3 saturated heterocycles. The van der Waals surface area contributed by atoms with Crippen LogP contribution in [0.2, 0.25) is 0 Å². The van der Waals surface area contributed by atoms with Gasteiger partial charge in [0.1, 0.15) is 18.7 Å². The maximum absolute atomic E-state index is 12.1. The van der Waals surface area contributed by atoms with Crippen molar-refractivity contribution in [2.45, 2.75) is 31.5 Å². The Morgan fingerprint density at radius 1 is 0.921 bits per heavy atom. The Morgan fingerprint density at radius 3 is 2.29 bits per heavy atom. The average molecular weight is 522 g/mol. The van der Waals surface area contributed by atoms with E-state index in [1.165, 1.54) is 33.5 Å². The van der Waals surface area contributed by atoms with Gasteiger partial charge in [-0.15, -0.1) is 19.0 Å². The van der Waals surface area contributed by atoms with Gasteiger partial charge in [-0.05, 0) is 51.2 Å². The lowest BCUT2D eigenvalue weighted by Crippen LogP contribution is -2.67. The Balaban J connectivity index is 0.00000264. The first-order chi connectivity index (χ1) is 18.2. The number of para-hydroxylation sites is 1. The molecule has 38 heavy (non-hydrogen) atoms. The van der Waals surface area contributed by atoms with Crippen molar-refractivity contribution >= 4 is 44.9 Å². The lowest BCUT2D eigenvalue weighted by atomic mass is 9.71. The molecule has 8 rings (SSSR count). The number of quaternary nitrogens is 1. The first kappa shape index (κ1) is 25.1. The molecule has 192 valence electrons. The zero-order valence-corrected chi connectivity index (χ0v) is 22.4. The van der Waals surface area contributed by atoms with Gasteiger partial charge in [-0.1, -0.05) is 72.8 Å². The van der Waals surface area contributed by atoms with Crippen molar-refractivity contribution in [2.75, 3.05) is 13.1 Å². The second-order valence-corrected chi connectivity index (χ2v) is 11.2. The number of fused-ring (bicyclic) bond motifs is 6. The van der Waals surface area contributed by atoms with Crippen molar-refractivity contribution in [3.8, 4) is 0 Å². The highest BCUT2D eigenvalue weighted by molar-refractivity contribution is 6.02. The summed E-state index contributed by atoms with van der Waals surface area (Å²) >= 11 is 0. The summed E-state index contributed by atoms with van der Waals surface area (Å²) < 4.78 is 0.906. The molecule has 2 bridgehead atoms. The molecular weight excluding hydrogens is 488 g/mol. The Morgan fingerprint density at radius 2 is 1.58 bits per heavy atom. The van der Waals surface area contributed by atoms with E-state index in [-0.39, 0.29) is 18.4 Å². The van der Waals surface area contributed by atoms with E-state index >= 15 is 0 Å². The number of aliphatic hydroxyl groups is 1. The predicted octanol–water partition coefficient (Wildman–Crippen LogP) is 7.61. The van der Waals surface area contributed by atoms with Gasteiger partial charge in [-0.3, -0.25) is 4.98 Å². The number of hydrogen-bond acceptors (Lipinski definition) is 2. The van der Waals surface area contributed by atoms with E-state index in [2.05, 4.69) is 78.3 Å². The van der Waals surface area contributed by atoms with Crippen LogP contribution in [0, 0.1) is 11.8 Å². The Bertz CT molecular complexity index is 1590. The van der Waals surface area contributed by atoms with Gasteiger partial charge in [-0.2, -0.15) is 0 Å². The van der Waals surface area contributed by atoms with Crippen molar-refractivity contribution < 1.29 is 9.59 Å². The van der Waals surface area contributed by atoms with E-state index < -0.39 is 6.10 Å². The van der Waals surface area contributed by atoms with E-state index in [1.54, 1.807) is 0 Å². The molecule has 3 nitrogen and oxygen atoms in total. The van der Waals surface area contributed by atoms with Gasteiger partial charge in [-0.25, -0.2) is 0 Å². The van der Waals surface area contributed by atoms with Crippen molar-refractivity contribution in [1.29, 1.82) is 0 Å². The second kappa shape index (κ2) is 9.81. The van der Waals surface area contributed by atoms with Crippen LogP contribution in [0.15, 0.2) is 104 Å². The van der Waals surface area contributed by atoms with Gasteiger partial charge >= 0.3 is 0 Å². The number of benzene rings is 4. The van der Waals surface area contributed by atoms with Gasteiger partial charge in [0.15, 0.2) is 0 Å². The topological polar surface area (TPSA) is 33.1 Å². The van der Waals surface area contributed by atoms with Crippen LogP contribution in [0.25, 0.3) is 32.4 Å². The summed E-state index contributed by atoms with van der Waals surface area (Å²) in [6.45, 7) is 7.28. The van der Waals surface area contributed by atoms with Crippen molar-refractivity contribution in [3.05, 3.63) is 115 Å². The van der Waals surface area contributed by atoms with Crippen LogP contribution in [0.4, 0.5) is 0 Å². The number of piperidine rings is 3. The SMILES string of the molecule is C=CC1C[N+]2(Cc3c4ccccc4cc4ccccc34)CCC1CC2C(O)c1ccnc2ccccc12.Cl. The fourth-order valence-corrected chi connectivity index (χ4v) is 7.56. The minimum absolute atomic E-state index is 0. The number of aliphatic hydroxyl groups excluding tert-OH is 1. The number of nitrogens with zero attached hydrogens (tertiary/aromatic N) is 2. The number of pyridine rings is 1. The fraction of sp³-hybridized carbons (Fsp3) is 0.265. The average Bonchev–Trinajstić information content (AvgIpc) is 2.96. The summed E-state index contributed by atoms with van der Waals surface area (Å²) in [7, 11) is 0. The van der Waals surface area contributed by atoms with Crippen LogP contribution in [-0.2, 0) is 6.54 Å². The monoisotopic (exact) mass is 521 g/mol. The molecule has 5 atom stereocenters. The molecule has 0 saturated carbocycles. The van der Waals surface area contributed by atoms with Gasteiger partial charge < -0.3 is 9.59 Å². The van der Waals surface area contributed by atoms with E-state index in [0.717, 1.165) is 47.0 Å². The molecule has 0 aliphatic carbocycles. The third-order valence-electron chi connectivity index (χ3n) is 9.40. The minimum atomic E-state index is -0.539. The third kappa shape index (κ3) is 3.92. The zero-order valence-electron chi connectivity index (χ0n) is 21.5. The van der Waals surface area contributed by atoms with E-state index in [9.17, 15) is 5.11 Å². The number of rotatable bonds is 5. The van der Waals surface area contributed by atoms with Gasteiger partial charge in [0, 0.05) is 35.9 Å². The van der Waals surface area contributed by atoms with Crippen molar-refractivity contribution in [1.82, 2.24) is 4.98 Å². The standard InChI is InChI=1S/C34H33N2O.ClH/c1-2-23-21-36(22-31-27-11-5-3-9-25(27)19-26-10-4-6-12-28(26)31)18-16-24(23)20-33(36)34(37)30-15-17-35-32-14-8-7-13-29(30)32;/h2-15,17,19,23-24,33-34,37H,1,16,18,20-22H2;1H/q+1;. The summed E-state index contributed by atoms with van der Waals surface area (Å²) in [6.07, 6.45) is 5.72. The maximum atomic E-state index is 12.1. The Hall–Kier alpha value is -3.24. The van der Waals surface area contributed by atoms with Crippen molar-refractivity contribution in [2.24, 2.45) is 11.8 Å². The highest BCUT2D eigenvalue weighted by atomic mass is 35.5. The Kier molecular flexibility index (Phi) is 6.47. The van der Waals surface area contributed by atoms with Crippen LogP contribution in [0.1, 0.15) is 30.1 Å². The molecule has 0 spiro atoms. The summed E-state index contributed by atoms with van der Waals surface area (Å²) in [4.78, 5) is 4.57. The maximum Gasteiger partial charge on any atom is 0.131 e. The number of halogens is 1. The molecule has 0 amide bonds. The lowest BCUT2D eigenvalue weighted by molar-refractivity contribution is -0.984. The van der Waals surface area contributed by atoms with E-state index in [4.69, 9.17) is 0 Å². The van der Waals surface area contributed by atoms with Gasteiger partial charge in [0.05, 0.1) is 18.6 Å². The summed E-state index contributed by atoms with van der Waals surface area (Å²) in [5.41, 5.74) is 3.37. The molecule has 4 aromatic carbocycles. The number of hydrogen-bond donors (Lipinski definition) is 1. The molecule has 0 radical (unpaired) electrons. The molecule has 5 unspecified atom stereocenters. The van der Waals surface area contributed by atoms with E-state index in [0.29, 0.717) is 11.8 Å². The molecule has 3 aliphatic heterocycles. The number of aromatic nitrogens is 1. The first-order valence-electron chi connectivity index (χ1n) is 13.6. The highest BCUT2D eigenvalue weighted by Crippen LogP contribution is 2.49. The van der Waals surface area contributed by atoms with Gasteiger partial charge in [0.2, 0.25) is 0 Å². The van der Waals surface area contributed by atoms with Crippen molar-refractivity contribution in [3.63, 3.8) is 0 Å². The smallest absolute Gasteiger partial charge is 0.131 e. The zero-order chi connectivity index (χ0) is 25.0. The minimum Gasteiger partial charge on any atom is -0.382 e. The quantitative estimate of drug-likeness (QED) is 0.147. The second-order valence-electron chi connectivity index (χ2n) is 11.2. The summed E-state index contributed by atoms with van der Waals surface area (Å²) in [6, 6.07) is 30.3. The molecule has 5 aromatic rings. The van der Waals surface area contributed by atoms with Crippen LogP contribution >= 0.6 is 12.4 Å². The molecule has 3 aliphatic rings. The van der Waals surface area contributed by atoms with E-state index in [1.807, 2.05) is 30.5 Å². The molecule has 3 fully saturated rings. The van der Waals surface area contributed by atoms with Crippen LogP contribution in [0.3, 0.4) is 0 Å².